The van der Waals surface area contributed by atoms with E-state index in [0.717, 1.165) is 42.7 Å². The number of benzene rings is 2. The number of nitrogens with one attached hydrogen (secondary N) is 1. The average molecular weight is 386 g/mol. The molecule has 0 atom stereocenters. The number of aliphatic imine (C=N–C) groups is 1. The van der Waals surface area contributed by atoms with Gasteiger partial charge >= 0.3 is 5.97 Å². The number of rotatable bonds is 6. The van der Waals surface area contributed by atoms with E-state index in [0.29, 0.717) is 16.8 Å². The van der Waals surface area contributed by atoms with Gasteiger partial charge in [-0.05, 0) is 51.2 Å². The molecule has 0 saturated carbocycles. The third-order valence-corrected chi connectivity index (χ3v) is 4.97. The number of hydrogen-bond donors (Lipinski definition) is 2. The number of carboxylic acids is 1. The van der Waals surface area contributed by atoms with Crippen LogP contribution in [0.3, 0.4) is 0 Å². The summed E-state index contributed by atoms with van der Waals surface area (Å²) in [4.78, 5) is 17.8. The summed E-state index contributed by atoms with van der Waals surface area (Å²) in [5.74, 6) is -0.963. The van der Waals surface area contributed by atoms with Crippen molar-refractivity contribution in [1.82, 2.24) is 4.90 Å². The Balaban J connectivity index is 1.97. The van der Waals surface area contributed by atoms with Crippen LogP contribution in [-0.2, 0) is 4.79 Å². The molecule has 0 aromatic heterocycles. The lowest BCUT2D eigenvalue weighted by Crippen LogP contribution is -2.37. The van der Waals surface area contributed by atoms with Crippen LogP contribution < -0.4 is 5.32 Å². The van der Waals surface area contributed by atoms with Gasteiger partial charge in [-0.15, -0.1) is 0 Å². The Morgan fingerprint density at radius 3 is 2.59 bits per heavy atom. The Hall–Kier alpha value is -2.37. The second kappa shape index (κ2) is 9.02. The third-order valence-electron chi connectivity index (χ3n) is 4.73. The van der Waals surface area contributed by atoms with Gasteiger partial charge in [0, 0.05) is 27.9 Å². The van der Waals surface area contributed by atoms with Crippen molar-refractivity contribution in [2.45, 2.75) is 18.9 Å². The maximum Gasteiger partial charge on any atom is 0.325 e. The van der Waals surface area contributed by atoms with Crippen LogP contribution in [0, 0.1) is 0 Å². The second-order valence-corrected chi connectivity index (χ2v) is 7.27. The number of nitrogens with zero attached hydrogens (tertiary/aromatic N) is 2. The first-order chi connectivity index (χ1) is 13.0. The summed E-state index contributed by atoms with van der Waals surface area (Å²) in [5, 5.41) is 13.3. The second-order valence-electron chi connectivity index (χ2n) is 6.84. The molecule has 27 heavy (non-hydrogen) atoms. The number of halogens is 1. The normalized spacial score (nSPS) is 16.3. The summed E-state index contributed by atoms with van der Waals surface area (Å²) in [5.41, 5.74) is 3.26. The molecule has 142 valence electrons. The van der Waals surface area contributed by atoms with Gasteiger partial charge in [-0.1, -0.05) is 41.9 Å². The number of carbonyl (C=O) groups is 1. The molecular weight excluding hydrogens is 362 g/mol. The van der Waals surface area contributed by atoms with Crippen molar-refractivity contribution < 1.29 is 9.90 Å². The average Bonchev–Trinajstić information content (AvgIpc) is 2.66. The lowest BCUT2D eigenvalue weighted by atomic mass is 9.98. The van der Waals surface area contributed by atoms with E-state index in [1.54, 1.807) is 0 Å². The van der Waals surface area contributed by atoms with E-state index in [-0.39, 0.29) is 6.54 Å². The van der Waals surface area contributed by atoms with E-state index in [9.17, 15) is 4.79 Å². The summed E-state index contributed by atoms with van der Waals surface area (Å²) in [6.07, 6.45) is 2.12. The maximum absolute atomic E-state index is 11.1. The van der Waals surface area contributed by atoms with Crippen LogP contribution in [0.1, 0.15) is 24.0 Å². The van der Waals surface area contributed by atoms with Crippen LogP contribution in [0.15, 0.2) is 53.5 Å². The predicted molar refractivity (Wildman–Crippen MR) is 110 cm³/mol. The van der Waals surface area contributed by atoms with Crippen LogP contribution in [-0.4, -0.2) is 54.4 Å². The SMILES string of the molecule is CN1CCC(Nc2ccc(Cl)cc2C(=NCC(=O)O)c2ccccc2)CC1. The highest BCUT2D eigenvalue weighted by Crippen LogP contribution is 2.26. The van der Waals surface area contributed by atoms with Gasteiger partial charge in [-0.2, -0.15) is 0 Å². The topological polar surface area (TPSA) is 64.9 Å². The fourth-order valence-corrected chi connectivity index (χ4v) is 3.46. The molecule has 0 amide bonds. The van der Waals surface area contributed by atoms with E-state index < -0.39 is 5.97 Å². The highest BCUT2D eigenvalue weighted by Gasteiger charge is 2.19. The Morgan fingerprint density at radius 2 is 1.93 bits per heavy atom. The lowest BCUT2D eigenvalue weighted by molar-refractivity contribution is -0.135. The molecule has 1 heterocycles. The van der Waals surface area contributed by atoms with E-state index >= 15 is 0 Å². The number of carboxylic acid groups (broad SMARTS) is 1. The number of piperidine rings is 1. The Morgan fingerprint density at radius 1 is 1.22 bits per heavy atom. The Kier molecular flexibility index (Phi) is 6.48. The first-order valence-corrected chi connectivity index (χ1v) is 9.47. The lowest BCUT2D eigenvalue weighted by Gasteiger charge is -2.31. The molecule has 6 heteroatoms. The molecule has 0 spiro atoms. The van der Waals surface area contributed by atoms with Gasteiger partial charge in [0.2, 0.25) is 0 Å². The molecule has 0 bridgehead atoms. The third kappa shape index (κ3) is 5.31. The summed E-state index contributed by atoms with van der Waals surface area (Å²) in [6.45, 7) is 1.82. The van der Waals surface area contributed by atoms with Crippen LogP contribution in [0.2, 0.25) is 5.02 Å². The molecule has 2 aromatic rings. The minimum absolute atomic E-state index is 0.287. The Labute approximate surface area is 164 Å². The standard InChI is InChI=1S/C21H24ClN3O2/c1-25-11-9-17(10-12-25)24-19-8-7-16(22)13-18(19)21(23-14-20(26)27)15-5-3-2-4-6-15/h2-8,13,17,24H,9-12,14H2,1H3,(H,26,27). The van der Waals surface area contributed by atoms with Crippen molar-refractivity contribution in [3.05, 3.63) is 64.7 Å². The quantitative estimate of drug-likeness (QED) is 0.743. The van der Waals surface area contributed by atoms with E-state index in [1.165, 1.54) is 0 Å². The molecule has 2 N–H and O–H groups in total. The van der Waals surface area contributed by atoms with Crippen molar-refractivity contribution >= 4 is 29.0 Å². The summed E-state index contributed by atoms with van der Waals surface area (Å²) in [7, 11) is 2.13. The number of likely N-dealkylation sites (tertiary alicyclic amines) is 1. The number of hydrogen-bond acceptors (Lipinski definition) is 4. The molecule has 1 fully saturated rings. The Bertz CT molecular complexity index is 815. The molecular formula is C21H24ClN3O2. The predicted octanol–water partition coefficient (Wildman–Crippen LogP) is 3.77. The first kappa shape index (κ1) is 19.4. The molecule has 2 aromatic carbocycles. The van der Waals surface area contributed by atoms with Gasteiger partial charge < -0.3 is 15.3 Å². The fourth-order valence-electron chi connectivity index (χ4n) is 3.29. The zero-order valence-electron chi connectivity index (χ0n) is 15.4. The van der Waals surface area contributed by atoms with E-state index in [2.05, 4.69) is 22.3 Å². The zero-order valence-corrected chi connectivity index (χ0v) is 16.1. The largest absolute Gasteiger partial charge is 0.480 e. The van der Waals surface area contributed by atoms with Crippen LogP contribution in [0.25, 0.3) is 0 Å². The minimum Gasteiger partial charge on any atom is -0.480 e. The van der Waals surface area contributed by atoms with Crippen molar-refractivity contribution in [2.75, 3.05) is 32.0 Å². The maximum atomic E-state index is 11.1. The molecule has 1 aliphatic rings. The smallest absolute Gasteiger partial charge is 0.325 e. The van der Waals surface area contributed by atoms with Crippen molar-refractivity contribution in [1.29, 1.82) is 0 Å². The van der Waals surface area contributed by atoms with Gasteiger partial charge in [0.05, 0.1) is 5.71 Å². The molecule has 0 unspecified atom stereocenters. The van der Waals surface area contributed by atoms with Crippen molar-refractivity contribution in [3.8, 4) is 0 Å². The monoisotopic (exact) mass is 385 g/mol. The molecule has 5 nitrogen and oxygen atoms in total. The number of anilines is 1. The van der Waals surface area contributed by atoms with E-state index in [4.69, 9.17) is 16.7 Å². The molecule has 0 radical (unpaired) electrons. The van der Waals surface area contributed by atoms with Crippen molar-refractivity contribution in [2.24, 2.45) is 4.99 Å². The van der Waals surface area contributed by atoms with Crippen LogP contribution >= 0.6 is 11.6 Å². The zero-order chi connectivity index (χ0) is 19.2. The molecule has 0 aliphatic carbocycles. The van der Waals surface area contributed by atoms with Gasteiger partial charge in [-0.25, -0.2) is 0 Å². The molecule has 3 rings (SSSR count). The summed E-state index contributed by atoms with van der Waals surface area (Å²) >= 11 is 6.27. The van der Waals surface area contributed by atoms with Gasteiger partial charge in [-0.3, -0.25) is 9.79 Å². The highest BCUT2D eigenvalue weighted by molar-refractivity contribution is 6.31. The first-order valence-electron chi connectivity index (χ1n) is 9.09. The molecule has 1 saturated heterocycles. The van der Waals surface area contributed by atoms with Gasteiger partial charge in [0.25, 0.3) is 0 Å². The minimum atomic E-state index is -0.963. The van der Waals surface area contributed by atoms with Crippen LogP contribution in [0.5, 0.6) is 0 Å². The molecule has 1 aliphatic heterocycles. The summed E-state index contributed by atoms with van der Waals surface area (Å²) < 4.78 is 0. The van der Waals surface area contributed by atoms with Crippen molar-refractivity contribution in [3.63, 3.8) is 0 Å². The van der Waals surface area contributed by atoms with Gasteiger partial charge in [0.1, 0.15) is 6.54 Å². The van der Waals surface area contributed by atoms with E-state index in [1.807, 2.05) is 48.5 Å². The highest BCUT2D eigenvalue weighted by atomic mass is 35.5. The van der Waals surface area contributed by atoms with Gasteiger partial charge in [0.15, 0.2) is 0 Å². The summed E-state index contributed by atoms with van der Waals surface area (Å²) in [6, 6.07) is 15.7. The van der Waals surface area contributed by atoms with Crippen LogP contribution in [0.4, 0.5) is 5.69 Å². The number of aliphatic carboxylic acids is 1. The fraction of sp³-hybridized carbons (Fsp3) is 0.333.